The number of carbonyl (C=O) groups is 2. The summed E-state index contributed by atoms with van der Waals surface area (Å²) in [6.07, 6.45) is 0. The minimum Gasteiger partial charge on any atom is -0.495 e. The van der Waals surface area contributed by atoms with E-state index in [1.165, 1.54) is 31.4 Å². The van der Waals surface area contributed by atoms with E-state index in [-0.39, 0.29) is 17.6 Å². The zero-order valence-corrected chi connectivity index (χ0v) is 14.7. The molecule has 126 valence electrons. The number of carbonyl (C=O) groups excluding carboxylic acids is 2. The quantitative estimate of drug-likeness (QED) is 0.784. The molecule has 0 atom stereocenters. The maximum absolute atomic E-state index is 12.2. The Hall–Kier alpha value is -2.47. The zero-order valence-electron chi connectivity index (χ0n) is 13.9. The smallest absolute Gasteiger partial charge is 0.234 e. The fourth-order valence-corrected chi connectivity index (χ4v) is 2.75. The highest BCUT2D eigenvalue weighted by molar-refractivity contribution is 8.00. The van der Waals surface area contributed by atoms with Gasteiger partial charge in [-0.15, -0.1) is 11.8 Å². The fraction of sp³-hybridized carbons (Fsp3) is 0.222. The Labute approximate surface area is 145 Å². The zero-order chi connectivity index (χ0) is 17.5. The van der Waals surface area contributed by atoms with Crippen LogP contribution in [0.15, 0.2) is 47.4 Å². The Balaban J connectivity index is 2.01. The number of nitrogens with one attached hydrogen (secondary N) is 2. The number of benzene rings is 2. The third-order valence-corrected chi connectivity index (χ3v) is 4.20. The molecule has 0 saturated heterocycles. The van der Waals surface area contributed by atoms with Crippen LogP contribution in [0, 0.1) is 6.92 Å². The maximum Gasteiger partial charge on any atom is 0.234 e. The van der Waals surface area contributed by atoms with Crippen molar-refractivity contribution in [3.63, 3.8) is 0 Å². The van der Waals surface area contributed by atoms with Gasteiger partial charge in [0.2, 0.25) is 11.8 Å². The predicted molar refractivity (Wildman–Crippen MR) is 97.8 cm³/mol. The van der Waals surface area contributed by atoms with Gasteiger partial charge in [-0.05, 0) is 37.3 Å². The molecule has 0 aliphatic rings. The highest BCUT2D eigenvalue weighted by atomic mass is 32.2. The largest absolute Gasteiger partial charge is 0.495 e. The molecule has 0 aromatic heterocycles. The maximum atomic E-state index is 12.2. The summed E-state index contributed by atoms with van der Waals surface area (Å²) < 4.78 is 5.25. The molecule has 0 aliphatic heterocycles. The molecule has 2 aromatic rings. The van der Waals surface area contributed by atoms with Crippen LogP contribution < -0.4 is 15.4 Å². The second kappa shape index (κ2) is 8.40. The number of anilines is 2. The highest BCUT2D eigenvalue weighted by Crippen LogP contribution is 2.28. The van der Waals surface area contributed by atoms with Crippen molar-refractivity contribution in [3.8, 4) is 5.75 Å². The molecular weight excluding hydrogens is 324 g/mol. The summed E-state index contributed by atoms with van der Waals surface area (Å²) in [4.78, 5) is 24.4. The van der Waals surface area contributed by atoms with Crippen molar-refractivity contribution in [3.05, 3.63) is 48.0 Å². The van der Waals surface area contributed by atoms with E-state index in [2.05, 4.69) is 10.6 Å². The molecular formula is C18H20N2O3S. The van der Waals surface area contributed by atoms with Crippen molar-refractivity contribution in [2.75, 3.05) is 23.5 Å². The highest BCUT2D eigenvalue weighted by Gasteiger charge is 2.10. The summed E-state index contributed by atoms with van der Waals surface area (Å²) in [6, 6.07) is 13.1. The number of thioether (sulfide) groups is 1. The molecule has 0 fully saturated rings. The molecule has 0 spiro atoms. The standard InChI is InChI=1S/C18H20N2O3S/c1-12-4-7-15(8-5-12)24-11-18(22)20-16-10-14(19-13(2)21)6-9-17(16)23-3/h4-10H,11H2,1-3H3,(H,19,21)(H,20,22). The van der Waals surface area contributed by atoms with Gasteiger partial charge in [0.05, 0.1) is 18.6 Å². The molecule has 2 N–H and O–H groups in total. The van der Waals surface area contributed by atoms with Crippen LogP contribution in [0.1, 0.15) is 12.5 Å². The monoisotopic (exact) mass is 344 g/mol. The van der Waals surface area contributed by atoms with Gasteiger partial charge in [0.1, 0.15) is 5.75 Å². The second-order valence-electron chi connectivity index (χ2n) is 5.25. The van der Waals surface area contributed by atoms with Crippen molar-refractivity contribution in [2.45, 2.75) is 18.7 Å². The number of methoxy groups -OCH3 is 1. The number of hydrogen-bond donors (Lipinski definition) is 2. The van der Waals surface area contributed by atoms with Crippen LogP contribution in [0.25, 0.3) is 0 Å². The number of rotatable bonds is 6. The van der Waals surface area contributed by atoms with Crippen molar-refractivity contribution >= 4 is 35.0 Å². The van der Waals surface area contributed by atoms with E-state index in [9.17, 15) is 9.59 Å². The lowest BCUT2D eigenvalue weighted by Gasteiger charge is -2.12. The second-order valence-corrected chi connectivity index (χ2v) is 6.29. The van der Waals surface area contributed by atoms with Crippen LogP contribution in [0.3, 0.4) is 0 Å². The van der Waals surface area contributed by atoms with Gasteiger partial charge >= 0.3 is 0 Å². The summed E-state index contributed by atoms with van der Waals surface area (Å²) in [5.41, 5.74) is 2.31. The molecule has 6 heteroatoms. The van der Waals surface area contributed by atoms with E-state index >= 15 is 0 Å². The molecule has 0 bridgehead atoms. The first-order valence-electron chi connectivity index (χ1n) is 7.43. The molecule has 0 saturated carbocycles. The normalized spacial score (nSPS) is 10.1. The molecule has 0 aliphatic carbocycles. The van der Waals surface area contributed by atoms with E-state index < -0.39 is 0 Å². The van der Waals surface area contributed by atoms with Gasteiger partial charge in [0, 0.05) is 17.5 Å². The van der Waals surface area contributed by atoms with Crippen molar-refractivity contribution in [1.82, 2.24) is 0 Å². The fourth-order valence-electron chi connectivity index (χ4n) is 2.06. The molecule has 0 radical (unpaired) electrons. The van der Waals surface area contributed by atoms with Crippen LogP contribution in [0.5, 0.6) is 5.75 Å². The molecule has 24 heavy (non-hydrogen) atoms. The molecule has 0 unspecified atom stereocenters. The Morgan fingerprint density at radius 2 is 1.79 bits per heavy atom. The SMILES string of the molecule is COc1ccc(NC(C)=O)cc1NC(=O)CSc1ccc(C)cc1. The van der Waals surface area contributed by atoms with Gasteiger partial charge in [-0.2, -0.15) is 0 Å². The third-order valence-electron chi connectivity index (χ3n) is 3.18. The van der Waals surface area contributed by atoms with Crippen LogP contribution in [-0.4, -0.2) is 24.7 Å². The number of amides is 2. The van der Waals surface area contributed by atoms with Gasteiger partial charge in [-0.1, -0.05) is 17.7 Å². The first kappa shape index (κ1) is 17.9. The Morgan fingerprint density at radius 3 is 2.42 bits per heavy atom. The molecule has 2 rings (SSSR count). The minimum atomic E-state index is -0.174. The first-order chi connectivity index (χ1) is 11.5. The van der Waals surface area contributed by atoms with Gasteiger partial charge in [-0.25, -0.2) is 0 Å². The summed E-state index contributed by atoms with van der Waals surface area (Å²) >= 11 is 1.46. The molecule has 2 aromatic carbocycles. The van der Waals surface area contributed by atoms with E-state index in [4.69, 9.17) is 4.74 Å². The van der Waals surface area contributed by atoms with E-state index in [1.54, 1.807) is 18.2 Å². The lowest BCUT2D eigenvalue weighted by atomic mass is 10.2. The van der Waals surface area contributed by atoms with E-state index in [0.29, 0.717) is 17.1 Å². The number of aryl methyl sites for hydroxylation is 1. The topological polar surface area (TPSA) is 67.4 Å². The average Bonchev–Trinajstić information content (AvgIpc) is 2.54. The molecule has 2 amide bonds. The van der Waals surface area contributed by atoms with Crippen molar-refractivity contribution in [1.29, 1.82) is 0 Å². The lowest BCUT2D eigenvalue weighted by Crippen LogP contribution is -2.15. The summed E-state index contributed by atoms with van der Waals surface area (Å²) in [5.74, 6) is 0.514. The van der Waals surface area contributed by atoms with Gasteiger partial charge in [0.15, 0.2) is 0 Å². The number of ether oxygens (including phenoxy) is 1. The van der Waals surface area contributed by atoms with Crippen LogP contribution in [0.2, 0.25) is 0 Å². The van der Waals surface area contributed by atoms with Crippen molar-refractivity contribution < 1.29 is 14.3 Å². The Kier molecular flexibility index (Phi) is 6.26. The average molecular weight is 344 g/mol. The first-order valence-corrected chi connectivity index (χ1v) is 8.41. The molecule has 0 heterocycles. The molecule has 5 nitrogen and oxygen atoms in total. The minimum absolute atomic E-state index is 0.140. The lowest BCUT2D eigenvalue weighted by molar-refractivity contribution is -0.114. The van der Waals surface area contributed by atoms with Gasteiger partial charge in [-0.3, -0.25) is 9.59 Å². The summed E-state index contributed by atoms with van der Waals surface area (Å²) in [7, 11) is 1.53. The summed E-state index contributed by atoms with van der Waals surface area (Å²) in [5, 5.41) is 5.50. The summed E-state index contributed by atoms with van der Waals surface area (Å²) in [6.45, 7) is 3.45. The van der Waals surface area contributed by atoms with Crippen molar-refractivity contribution in [2.24, 2.45) is 0 Å². The van der Waals surface area contributed by atoms with Gasteiger partial charge < -0.3 is 15.4 Å². The van der Waals surface area contributed by atoms with E-state index in [0.717, 1.165) is 4.90 Å². The van der Waals surface area contributed by atoms with Crippen LogP contribution >= 0.6 is 11.8 Å². The van der Waals surface area contributed by atoms with E-state index in [1.807, 2.05) is 31.2 Å². The third kappa shape index (κ3) is 5.31. The number of hydrogen-bond acceptors (Lipinski definition) is 4. The Morgan fingerprint density at radius 1 is 1.08 bits per heavy atom. The van der Waals surface area contributed by atoms with Crippen LogP contribution in [0.4, 0.5) is 11.4 Å². The van der Waals surface area contributed by atoms with Crippen LogP contribution in [-0.2, 0) is 9.59 Å². The van der Waals surface area contributed by atoms with Gasteiger partial charge in [0.25, 0.3) is 0 Å². The Bertz CT molecular complexity index is 730. The predicted octanol–water partition coefficient (Wildman–Crippen LogP) is 3.69.